The Balaban J connectivity index is 1.70. The summed E-state index contributed by atoms with van der Waals surface area (Å²) < 4.78 is 24.4. The highest BCUT2D eigenvalue weighted by Crippen LogP contribution is 2.27. The maximum absolute atomic E-state index is 13.9. The van der Waals surface area contributed by atoms with Crippen LogP contribution in [0.5, 0.6) is 11.5 Å². The quantitative estimate of drug-likeness (QED) is 0.279. The molecule has 3 aromatic rings. The molecule has 0 spiro atoms. The zero-order valence-corrected chi connectivity index (χ0v) is 21.0. The van der Waals surface area contributed by atoms with E-state index in [2.05, 4.69) is 15.6 Å². The van der Waals surface area contributed by atoms with Gasteiger partial charge >= 0.3 is 0 Å². The van der Waals surface area contributed by atoms with E-state index in [1.807, 2.05) is 30.3 Å². The summed E-state index contributed by atoms with van der Waals surface area (Å²) in [5, 5.41) is 14.1. The molecular weight excluding hydrogens is 489 g/mol. The van der Waals surface area contributed by atoms with Crippen LogP contribution in [0, 0.1) is 17.1 Å². The summed E-state index contributed by atoms with van der Waals surface area (Å²) in [6.07, 6.45) is 0.219. The fraction of sp³-hybridized carbons (Fsp3) is 0.214. The van der Waals surface area contributed by atoms with Crippen LogP contribution in [0.2, 0.25) is 0 Å². The first-order valence-corrected chi connectivity index (χ1v) is 11.7. The monoisotopic (exact) mass is 517 g/mol. The van der Waals surface area contributed by atoms with Crippen molar-refractivity contribution in [2.45, 2.75) is 25.4 Å². The summed E-state index contributed by atoms with van der Waals surface area (Å²) in [5.41, 5.74) is 7.90. The smallest absolute Gasteiger partial charge is 0.245 e. The zero-order valence-electron chi connectivity index (χ0n) is 21.0. The van der Waals surface area contributed by atoms with Gasteiger partial charge in [0.2, 0.25) is 11.8 Å². The average Bonchev–Trinajstić information content (AvgIpc) is 2.91. The Morgan fingerprint density at radius 3 is 2.37 bits per heavy atom. The highest BCUT2D eigenvalue weighted by atomic mass is 19.1. The SMILES string of the molecule is COc1ccc(CC(=O)NC(N)=N[C@H](Cc2ccccc2)C(=O)NCc2ccc(C#N)c(F)c2)cc1OC. The number of aliphatic imine (C=N–C) groups is 1. The minimum absolute atomic E-state index is 0.00359. The van der Waals surface area contributed by atoms with Crippen LogP contribution < -0.4 is 25.8 Å². The number of nitrogens with two attached hydrogens (primary N) is 1. The number of hydrogen-bond donors (Lipinski definition) is 3. The molecule has 0 aliphatic heterocycles. The number of ether oxygens (including phenoxy) is 2. The van der Waals surface area contributed by atoms with Gasteiger partial charge in [0.15, 0.2) is 17.5 Å². The van der Waals surface area contributed by atoms with Gasteiger partial charge in [0.25, 0.3) is 0 Å². The van der Waals surface area contributed by atoms with Gasteiger partial charge in [-0.1, -0.05) is 42.5 Å². The molecule has 3 aromatic carbocycles. The molecule has 38 heavy (non-hydrogen) atoms. The van der Waals surface area contributed by atoms with Crippen LogP contribution in [0.1, 0.15) is 22.3 Å². The topological polar surface area (TPSA) is 139 Å². The molecule has 3 rings (SSSR count). The molecule has 0 aliphatic carbocycles. The van der Waals surface area contributed by atoms with Gasteiger partial charge in [-0.15, -0.1) is 0 Å². The van der Waals surface area contributed by atoms with Crippen LogP contribution in [-0.4, -0.2) is 38.0 Å². The molecule has 0 fully saturated rings. The molecule has 0 saturated carbocycles. The predicted molar refractivity (Wildman–Crippen MR) is 140 cm³/mol. The summed E-state index contributed by atoms with van der Waals surface area (Å²) >= 11 is 0. The molecule has 0 bridgehead atoms. The Morgan fingerprint density at radius 1 is 1.00 bits per heavy atom. The third-order valence-corrected chi connectivity index (χ3v) is 5.57. The maximum Gasteiger partial charge on any atom is 0.245 e. The van der Waals surface area contributed by atoms with Crippen molar-refractivity contribution >= 4 is 17.8 Å². The normalized spacial score (nSPS) is 11.7. The van der Waals surface area contributed by atoms with Gasteiger partial charge in [-0.2, -0.15) is 5.26 Å². The van der Waals surface area contributed by atoms with E-state index in [0.29, 0.717) is 22.6 Å². The molecule has 4 N–H and O–H groups in total. The van der Waals surface area contributed by atoms with E-state index in [0.717, 1.165) is 5.56 Å². The summed E-state index contributed by atoms with van der Waals surface area (Å²) in [7, 11) is 3.02. The van der Waals surface area contributed by atoms with E-state index in [9.17, 15) is 14.0 Å². The number of halogens is 1. The number of nitriles is 1. The molecule has 0 saturated heterocycles. The molecule has 0 aromatic heterocycles. The molecule has 2 amide bonds. The number of hydrogen-bond acceptors (Lipinski definition) is 6. The molecule has 9 nitrogen and oxygen atoms in total. The lowest BCUT2D eigenvalue weighted by molar-refractivity contribution is -0.122. The fourth-order valence-corrected chi connectivity index (χ4v) is 3.66. The second kappa shape index (κ2) is 13.4. The van der Waals surface area contributed by atoms with Crippen LogP contribution in [0.3, 0.4) is 0 Å². The van der Waals surface area contributed by atoms with Gasteiger partial charge in [-0.3, -0.25) is 14.9 Å². The Hall–Kier alpha value is -4.91. The number of nitrogens with zero attached hydrogens (tertiary/aromatic N) is 2. The minimum Gasteiger partial charge on any atom is -0.493 e. The Kier molecular flexibility index (Phi) is 9.77. The summed E-state index contributed by atoms with van der Waals surface area (Å²) in [5.74, 6) is -0.742. The molecule has 0 radical (unpaired) electrons. The van der Waals surface area contributed by atoms with E-state index in [1.54, 1.807) is 30.3 Å². The van der Waals surface area contributed by atoms with Crippen molar-refractivity contribution in [1.82, 2.24) is 10.6 Å². The van der Waals surface area contributed by atoms with Gasteiger partial charge in [-0.05, 0) is 41.0 Å². The maximum atomic E-state index is 13.9. The number of guanidine groups is 1. The number of methoxy groups -OCH3 is 2. The number of benzene rings is 3. The number of amides is 2. The summed E-state index contributed by atoms with van der Waals surface area (Å²) in [6, 6.07) is 19.2. The van der Waals surface area contributed by atoms with Gasteiger partial charge in [0, 0.05) is 13.0 Å². The van der Waals surface area contributed by atoms with E-state index < -0.39 is 23.7 Å². The van der Waals surface area contributed by atoms with Crippen molar-refractivity contribution in [3.05, 3.63) is 94.8 Å². The van der Waals surface area contributed by atoms with Crippen LogP contribution in [0.25, 0.3) is 0 Å². The van der Waals surface area contributed by atoms with Crippen LogP contribution in [0.4, 0.5) is 4.39 Å². The van der Waals surface area contributed by atoms with Crippen molar-refractivity contribution in [2.24, 2.45) is 10.7 Å². The minimum atomic E-state index is -0.956. The number of carbonyl (C=O) groups excluding carboxylic acids is 2. The first-order chi connectivity index (χ1) is 18.3. The molecule has 0 heterocycles. The second-order valence-electron chi connectivity index (χ2n) is 8.28. The lowest BCUT2D eigenvalue weighted by Gasteiger charge is -2.15. The Bertz CT molecular complexity index is 1360. The first-order valence-electron chi connectivity index (χ1n) is 11.7. The van der Waals surface area contributed by atoms with Gasteiger partial charge < -0.3 is 20.5 Å². The highest BCUT2D eigenvalue weighted by Gasteiger charge is 2.20. The number of rotatable bonds is 10. The molecule has 196 valence electrons. The molecule has 0 unspecified atom stereocenters. The lowest BCUT2D eigenvalue weighted by atomic mass is 10.1. The predicted octanol–water partition coefficient (Wildman–Crippen LogP) is 2.62. The van der Waals surface area contributed by atoms with E-state index in [1.165, 1.54) is 26.4 Å². The van der Waals surface area contributed by atoms with Crippen molar-refractivity contribution < 1.29 is 23.5 Å². The average molecular weight is 518 g/mol. The van der Waals surface area contributed by atoms with Gasteiger partial charge in [0.1, 0.15) is 17.9 Å². The molecule has 10 heteroatoms. The van der Waals surface area contributed by atoms with Crippen molar-refractivity contribution in [2.75, 3.05) is 14.2 Å². The number of carbonyl (C=O) groups is 2. The van der Waals surface area contributed by atoms with Crippen molar-refractivity contribution in [3.8, 4) is 17.6 Å². The van der Waals surface area contributed by atoms with Gasteiger partial charge in [-0.25, -0.2) is 9.38 Å². The summed E-state index contributed by atoms with van der Waals surface area (Å²) in [6.45, 7) is 0.0217. The molecule has 1 atom stereocenters. The Labute approximate surface area is 220 Å². The van der Waals surface area contributed by atoms with E-state index >= 15 is 0 Å². The highest BCUT2D eigenvalue weighted by molar-refractivity contribution is 5.98. The second-order valence-corrected chi connectivity index (χ2v) is 8.28. The first kappa shape index (κ1) is 27.7. The zero-order chi connectivity index (χ0) is 27.5. The van der Waals surface area contributed by atoms with E-state index in [4.69, 9.17) is 20.5 Å². The standard InChI is InChI=1S/C28H28FN5O4/c1-37-24-11-9-19(14-25(24)38-2)15-26(35)34-28(31)33-23(13-18-6-4-3-5-7-18)27(36)32-17-20-8-10-21(16-30)22(29)12-20/h3-12,14,23H,13,15,17H2,1-2H3,(H,32,36)(H3,31,33,34,35)/t23-/m1/s1. The lowest BCUT2D eigenvalue weighted by Crippen LogP contribution is -2.42. The summed E-state index contributed by atoms with van der Waals surface area (Å²) in [4.78, 5) is 29.9. The number of nitrogens with one attached hydrogen (secondary N) is 2. The van der Waals surface area contributed by atoms with Crippen LogP contribution in [-0.2, 0) is 29.0 Å². The molecule has 0 aliphatic rings. The Morgan fingerprint density at radius 2 is 1.71 bits per heavy atom. The fourth-order valence-electron chi connectivity index (χ4n) is 3.66. The third-order valence-electron chi connectivity index (χ3n) is 5.57. The molecular formula is C28H28FN5O4. The van der Waals surface area contributed by atoms with Crippen LogP contribution >= 0.6 is 0 Å². The largest absolute Gasteiger partial charge is 0.493 e. The van der Waals surface area contributed by atoms with E-state index in [-0.39, 0.29) is 30.9 Å². The van der Waals surface area contributed by atoms with Crippen molar-refractivity contribution in [1.29, 1.82) is 5.26 Å². The van der Waals surface area contributed by atoms with Crippen LogP contribution in [0.15, 0.2) is 71.7 Å². The van der Waals surface area contributed by atoms with Crippen molar-refractivity contribution in [3.63, 3.8) is 0 Å². The van der Waals surface area contributed by atoms with Gasteiger partial charge in [0.05, 0.1) is 26.2 Å². The third kappa shape index (κ3) is 7.80.